The van der Waals surface area contributed by atoms with Crippen molar-refractivity contribution in [2.45, 2.75) is 33.1 Å². The molecular weight excluding hydrogens is 365 g/mol. The second-order valence-electron chi connectivity index (χ2n) is 7.23. The highest BCUT2D eigenvalue weighted by Gasteiger charge is 2.38. The summed E-state index contributed by atoms with van der Waals surface area (Å²) in [6.07, 6.45) is 3.87. The van der Waals surface area contributed by atoms with Crippen LogP contribution in [-0.2, 0) is 5.41 Å². The van der Waals surface area contributed by atoms with Crippen molar-refractivity contribution in [3.05, 3.63) is 75.0 Å². The van der Waals surface area contributed by atoms with Gasteiger partial charge in [-0.15, -0.1) is 0 Å². The van der Waals surface area contributed by atoms with E-state index in [0.29, 0.717) is 0 Å². The van der Waals surface area contributed by atoms with Crippen LogP contribution in [0, 0.1) is 13.8 Å². The van der Waals surface area contributed by atoms with Crippen LogP contribution in [0.2, 0.25) is 10.0 Å². The minimum Gasteiger partial charge on any atom is -0.251 e. The van der Waals surface area contributed by atoms with Crippen LogP contribution in [0.1, 0.15) is 36.1 Å². The normalized spacial score (nSPS) is 15.1. The quantitative estimate of drug-likeness (QED) is 0.517. The van der Waals surface area contributed by atoms with E-state index in [2.05, 4.69) is 25.9 Å². The zero-order valence-electron chi connectivity index (χ0n) is 15.1. The molecule has 1 aliphatic heterocycles. The fourth-order valence-corrected chi connectivity index (χ4v) is 4.18. The fourth-order valence-electron chi connectivity index (χ4n) is 3.63. The lowest BCUT2D eigenvalue weighted by atomic mass is 9.79. The van der Waals surface area contributed by atoms with Gasteiger partial charge in [-0.1, -0.05) is 35.3 Å². The van der Waals surface area contributed by atoms with Crippen LogP contribution in [0.5, 0.6) is 0 Å². The summed E-state index contributed by atoms with van der Waals surface area (Å²) in [5, 5.41) is 6.04. The van der Waals surface area contributed by atoms with Crippen LogP contribution in [0.3, 0.4) is 0 Å². The molecule has 0 N–H and O–H groups in total. The first kappa shape index (κ1) is 17.3. The first-order chi connectivity index (χ1) is 12.3. The van der Waals surface area contributed by atoms with E-state index in [-0.39, 0.29) is 5.41 Å². The number of aromatic nitrogens is 2. The molecule has 0 spiro atoms. The standard InChI is InChI=1S/C21H19Cl2N3/c1-12-8-9-16(23)18-19(12)25-20(21(18,3)4)14-10-24-26(11-14)17-7-5-6-15(22)13(17)2/h5-11H,1-4H3. The maximum Gasteiger partial charge on any atom is 0.0719 e. The van der Waals surface area contributed by atoms with Gasteiger partial charge in [0.05, 0.1) is 23.3 Å². The van der Waals surface area contributed by atoms with Crippen molar-refractivity contribution in [2.24, 2.45) is 4.99 Å². The van der Waals surface area contributed by atoms with Crippen molar-refractivity contribution in [2.75, 3.05) is 0 Å². The van der Waals surface area contributed by atoms with Crippen molar-refractivity contribution in [1.82, 2.24) is 9.78 Å². The van der Waals surface area contributed by atoms with E-state index in [0.717, 1.165) is 49.4 Å². The molecule has 4 rings (SSSR count). The monoisotopic (exact) mass is 383 g/mol. The Balaban J connectivity index is 1.82. The van der Waals surface area contributed by atoms with E-state index < -0.39 is 0 Å². The van der Waals surface area contributed by atoms with Gasteiger partial charge in [-0.05, 0) is 57.0 Å². The van der Waals surface area contributed by atoms with Gasteiger partial charge in [0.25, 0.3) is 0 Å². The topological polar surface area (TPSA) is 30.2 Å². The second-order valence-corrected chi connectivity index (χ2v) is 8.05. The van der Waals surface area contributed by atoms with Crippen molar-refractivity contribution in [1.29, 1.82) is 0 Å². The molecule has 0 bridgehead atoms. The maximum atomic E-state index is 6.51. The number of aliphatic imine (C=N–C) groups is 1. The first-order valence-electron chi connectivity index (χ1n) is 8.50. The number of hydrogen-bond donors (Lipinski definition) is 0. The van der Waals surface area contributed by atoms with Gasteiger partial charge in [0.2, 0.25) is 0 Å². The van der Waals surface area contributed by atoms with Crippen LogP contribution in [-0.4, -0.2) is 15.5 Å². The summed E-state index contributed by atoms with van der Waals surface area (Å²) >= 11 is 12.8. The summed E-state index contributed by atoms with van der Waals surface area (Å²) in [6, 6.07) is 9.80. The summed E-state index contributed by atoms with van der Waals surface area (Å²) in [5.41, 5.74) is 6.84. The Morgan fingerprint density at radius 3 is 2.50 bits per heavy atom. The van der Waals surface area contributed by atoms with Crippen molar-refractivity contribution in [3.63, 3.8) is 0 Å². The summed E-state index contributed by atoms with van der Waals surface area (Å²) in [7, 11) is 0. The highest BCUT2D eigenvalue weighted by atomic mass is 35.5. The van der Waals surface area contributed by atoms with Crippen molar-refractivity contribution < 1.29 is 0 Å². The Labute approximate surface area is 163 Å². The Hall–Kier alpha value is -2.10. The molecule has 26 heavy (non-hydrogen) atoms. The van der Waals surface area contributed by atoms with E-state index in [4.69, 9.17) is 28.2 Å². The summed E-state index contributed by atoms with van der Waals surface area (Å²) in [5.74, 6) is 0. The molecule has 5 heteroatoms. The molecule has 2 heterocycles. The van der Waals surface area contributed by atoms with Gasteiger partial charge in [-0.3, -0.25) is 4.99 Å². The lowest BCUT2D eigenvalue weighted by Crippen LogP contribution is -2.26. The smallest absolute Gasteiger partial charge is 0.0719 e. The predicted molar refractivity (Wildman–Crippen MR) is 109 cm³/mol. The number of fused-ring (bicyclic) bond motifs is 1. The average Bonchev–Trinajstić information content (AvgIpc) is 3.16. The minimum absolute atomic E-state index is 0.282. The molecule has 0 unspecified atom stereocenters. The van der Waals surface area contributed by atoms with Gasteiger partial charge < -0.3 is 0 Å². The Bertz CT molecular complexity index is 1060. The van der Waals surface area contributed by atoms with Crippen LogP contribution >= 0.6 is 23.2 Å². The van der Waals surface area contributed by atoms with E-state index in [1.807, 2.05) is 54.3 Å². The number of halogens is 2. The molecule has 0 atom stereocenters. The van der Waals surface area contributed by atoms with Gasteiger partial charge in [-0.2, -0.15) is 5.10 Å². The van der Waals surface area contributed by atoms with Gasteiger partial charge >= 0.3 is 0 Å². The Morgan fingerprint density at radius 2 is 1.77 bits per heavy atom. The zero-order valence-corrected chi connectivity index (χ0v) is 16.7. The zero-order chi connectivity index (χ0) is 18.6. The molecule has 1 aromatic heterocycles. The summed E-state index contributed by atoms with van der Waals surface area (Å²) in [6.45, 7) is 8.38. The van der Waals surface area contributed by atoms with E-state index in [9.17, 15) is 0 Å². The number of hydrogen-bond acceptors (Lipinski definition) is 2. The third kappa shape index (κ3) is 2.50. The molecule has 0 radical (unpaired) electrons. The SMILES string of the molecule is Cc1ccc(Cl)c2c1N=C(c1cnn(-c3cccc(Cl)c3C)c1)C2(C)C. The molecule has 3 nitrogen and oxygen atoms in total. The van der Waals surface area contributed by atoms with Gasteiger partial charge in [0.1, 0.15) is 0 Å². The minimum atomic E-state index is -0.282. The number of rotatable bonds is 2. The molecule has 0 saturated carbocycles. The van der Waals surface area contributed by atoms with Gasteiger partial charge in [0, 0.05) is 32.8 Å². The van der Waals surface area contributed by atoms with Gasteiger partial charge in [-0.25, -0.2) is 4.68 Å². The molecule has 0 amide bonds. The molecule has 132 valence electrons. The lowest BCUT2D eigenvalue weighted by molar-refractivity contribution is 0.737. The van der Waals surface area contributed by atoms with Crippen molar-refractivity contribution >= 4 is 34.6 Å². The van der Waals surface area contributed by atoms with Crippen LogP contribution in [0.4, 0.5) is 5.69 Å². The lowest BCUT2D eigenvalue weighted by Gasteiger charge is -2.22. The van der Waals surface area contributed by atoms with E-state index >= 15 is 0 Å². The summed E-state index contributed by atoms with van der Waals surface area (Å²) in [4.78, 5) is 4.93. The third-order valence-electron chi connectivity index (χ3n) is 5.11. The fraction of sp³-hybridized carbons (Fsp3) is 0.238. The van der Waals surface area contributed by atoms with E-state index in [1.165, 1.54) is 0 Å². The Kier molecular flexibility index (Phi) is 3.98. The molecule has 0 saturated heterocycles. The average molecular weight is 384 g/mol. The third-order valence-corrected chi connectivity index (χ3v) is 5.84. The Morgan fingerprint density at radius 1 is 1.00 bits per heavy atom. The van der Waals surface area contributed by atoms with Crippen LogP contribution < -0.4 is 0 Å². The molecular formula is C21H19Cl2N3. The molecule has 0 aliphatic carbocycles. The van der Waals surface area contributed by atoms with Crippen molar-refractivity contribution in [3.8, 4) is 5.69 Å². The number of benzene rings is 2. The number of nitrogens with zero attached hydrogens (tertiary/aromatic N) is 3. The maximum absolute atomic E-state index is 6.51. The number of aryl methyl sites for hydroxylation is 1. The molecule has 1 aliphatic rings. The van der Waals surface area contributed by atoms with Crippen LogP contribution in [0.15, 0.2) is 47.7 Å². The first-order valence-corrected chi connectivity index (χ1v) is 9.25. The summed E-state index contributed by atoms with van der Waals surface area (Å²) < 4.78 is 1.85. The molecule has 2 aromatic carbocycles. The molecule has 3 aromatic rings. The highest BCUT2D eigenvalue weighted by Crippen LogP contribution is 2.47. The van der Waals surface area contributed by atoms with Crippen LogP contribution in [0.25, 0.3) is 5.69 Å². The largest absolute Gasteiger partial charge is 0.251 e. The van der Waals surface area contributed by atoms with Gasteiger partial charge in [0.15, 0.2) is 0 Å². The van der Waals surface area contributed by atoms with E-state index in [1.54, 1.807) is 0 Å². The second kappa shape index (κ2) is 5.97. The molecule has 0 fully saturated rings. The highest BCUT2D eigenvalue weighted by molar-refractivity contribution is 6.33. The predicted octanol–water partition coefficient (Wildman–Crippen LogP) is 6.21.